The summed E-state index contributed by atoms with van der Waals surface area (Å²) in [7, 11) is -4.53. The van der Waals surface area contributed by atoms with Gasteiger partial charge >= 0.3 is 29.6 Å². The predicted octanol–water partition coefficient (Wildman–Crippen LogP) is -2.70. The van der Waals surface area contributed by atoms with Gasteiger partial charge in [-0.2, -0.15) is 0 Å². The summed E-state index contributed by atoms with van der Waals surface area (Å²) in [4.78, 5) is 0. The van der Waals surface area contributed by atoms with E-state index in [1.54, 1.807) is 0 Å². The summed E-state index contributed by atoms with van der Waals surface area (Å²) in [5, 5.41) is 0. The Balaban J connectivity index is 0. The summed E-state index contributed by atoms with van der Waals surface area (Å²) in [6.07, 6.45) is 1.43. The molecule has 0 unspecified atom stereocenters. The first kappa shape index (κ1) is 13.5. The maximum atomic E-state index is 9.67. The smallest absolute Gasteiger partial charge is 0.725 e. The van der Waals surface area contributed by atoms with Crippen molar-refractivity contribution in [2.75, 3.05) is 5.75 Å². The third kappa shape index (κ3) is 11.7. The molecule has 7 heteroatoms. The third-order valence-corrected chi connectivity index (χ3v) is 1.74. The van der Waals surface area contributed by atoms with E-state index in [9.17, 15) is 13.0 Å². The Morgan fingerprint density at radius 3 is 2.50 bits per heavy atom. The van der Waals surface area contributed by atoms with Gasteiger partial charge in [0.1, 0.15) is 0 Å². The Hall–Kier alpha value is 0.960. The molecule has 0 bridgehead atoms. The first-order valence-corrected chi connectivity index (χ1v) is 4.18. The predicted molar refractivity (Wildman–Crippen MR) is 33.4 cm³/mol. The zero-order valence-corrected chi connectivity index (χ0v) is 9.07. The van der Waals surface area contributed by atoms with Gasteiger partial charge in [-0.1, -0.05) is 6.08 Å². The minimum absolute atomic E-state index is 0. The monoisotopic (exact) mass is 192 g/mol. The Morgan fingerprint density at radius 1 is 1.70 bits per heavy atom. The second-order valence-corrected chi connectivity index (χ2v) is 2.98. The second-order valence-electron chi connectivity index (χ2n) is 1.05. The molecule has 0 aromatic rings. The zero-order chi connectivity index (χ0) is 7.33. The fraction of sp³-hybridized carbons (Fsp3) is 0.333. The van der Waals surface area contributed by atoms with E-state index >= 15 is 0 Å². The summed E-state index contributed by atoms with van der Waals surface area (Å²) in [6.45, 7) is 3.28. The van der Waals surface area contributed by atoms with Crippen LogP contribution in [-0.2, 0) is 14.0 Å². The van der Waals surface area contributed by atoms with Gasteiger partial charge in [0.05, 0.1) is 0 Å². The first-order valence-electron chi connectivity index (χ1n) is 1.94. The van der Waals surface area contributed by atoms with Crippen LogP contribution in [0.15, 0.2) is 12.7 Å². The molecule has 0 amide bonds. The van der Waals surface area contributed by atoms with Crippen molar-refractivity contribution in [1.29, 1.82) is 0 Å². The molecule has 0 heterocycles. The molecule has 0 saturated heterocycles. The normalized spacial score (nSPS) is 10.1. The van der Waals surface area contributed by atoms with Gasteiger partial charge in [-0.05, 0) is 0 Å². The molecular weight excluding hydrogens is 187 g/mol. The molecule has 10 heavy (non-hydrogen) atoms. The molecule has 0 aromatic heterocycles. The second kappa shape index (κ2) is 6.66. The molecule has 0 aliphatic heterocycles. The fourth-order valence-corrected chi connectivity index (χ4v) is 0.925. The average Bonchev–Trinajstić information content (AvgIpc) is 1.63. The quantitative estimate of drug-likeness (QED) is 0.121. The Labute approximate surface area is 86.5 Å². The van der Waals surface area contributed by atoms with Gasteiger partial charge < -0.3 is 4.55 Å². The number of rotatable bonds is 4. The molecule has 0 spiro atoms. The van der Waals surface area contributed by atoms with Crippen LogP contribution in [0.3, 0.4) is 0 Å². The van der Waals surface area contributed by atoms with Crippen LogP contribution >= 0.6 is 12.0 Å². The Morgan fingerprint density at radius 2 is 2.20 bits per heavy atom. The van der Waals surface area contributed by atoms with Crippen molar-refractivity contribution in [3.63, 3.8) is 0 Å². The molecule has 0 radical (unpaired) electrons. The SMILES string of the molecule is C=CCSOS(=O)(=O)[O-].[Na+]. The maximum absolute atomic E-state index is 9.67. The van der Waals surface area contributed by atoms with Gasteiger partial charge in [0, 0.05) is 17.8 Å². The van der Waals surface area contributed by atoms with E-state index in [-0.39, 0.29) is 35.3 Å². The maximum Gasteiger partial charge on any atom is 1.00 e. The molecule has 0 atom stereocenters. The van der Waals surface area contributed by atoms with E-state index in [2.05, 4.69) is 10.2 Å². The van der Waals surface area contributed by atoms with Crippen molar-refractivity contribution < 1.29 is 46.2 Å². The van der Waals surface area contributed by atoms with Crippen molar-refractivity contribution in [3.05, 3.63) is 12.7 Å². The molecule has 0 saturated carbocycles. The van der Waals surface area contributed by atoms with Crippen molar-refractivity contribution in [2.45, 2.75) is 0 Å². The van der Waals surface area contributed by atoms with E-state index in [4.69, 9.17) is 0 Å². The summed E-state index contributed by atoms with van der Waals surface area (Å²) >= 11 is 0.542. The molecule has 0 aliphatic carbocycles. The van der Waals surface area contributed by atoms with Crippen molar-refractivity contribution >= 4 is 22.4 Å². The Kier molecular flexibility index (Phi) is 9.02. The van der Waals surface area contributed by atoms with Gasteiger partial charge in [-0.15, -0.1) is 6.58 Å². The molecule has 0 N–H and O–H groups in total. The van der Waals surface area contributed by atoms with Crippen molar-refractivity contribution in [2.24, 2.45) is 0 Å². The minimum Gasteiger partial charge on any atom is -0.725 e. The average molecular weight is 192 g/mol. The number of hydrogen-bond donors (Lipinski definition) is 0. The fourth-order valence-electron chi connectivity index (χ4n) is 0.135. The van der Waals surface area contributed by atoms with E-state index < -0.39 is 10.4 Å². The topological polar surface area (TPSA) is 66.4 Å². The molecule has 4 nitrogen and oxygen atoms in total. The molecule has 0 aliphatic rings. The van der Waals surface area contributed by atoms with Crippen LogP contribution in [0.5, 0.6) is 0 Å². The third-order valence-electron chi connectivity index (χ3n) is 0.317. The van der Waals surface area contributed by atoms with Crippen LogP contribution in [0.25, 0.3) is 0 Å². The number of hydrogen-bond acceptors (Lipinski definition) is 5. The van der Waals surface area contributed by atoms with Crippen LogP contribution in [-0.4, -0.2) is 18.7 Å². The van der Waals surface area contributed by atoms with Crippen LogP contribution in [0.1, 0.15) is 0 Å². The van der Waals surface area contributed by atoms with Crippen LogP contribution in [0.2, 0.25) is 0 Å². The van der Waals surface area contributed by atoms with Gasteiger partial charge in [0.2, 0.25) is 10.4 Å². The summed E-state index contributed by atoms with van der Waals surface area (Å²) < 4.78 is 32.8. The molecular formula is C3H5NaO4S2. The van der Waals surface area contributed by atoms with E-state index in [1.165, 1.54) is 6.08 Å². The summed E-state index contributed by atoms with van der Waals surface area (Å²) in [5.41, 5.74) is 0. The van der Waals surface area contributed by atoms with Crippen LogP contribution < -0.4 is 29.6 Å². The van der Waals surface area contributed by atoms with Gasteiger partial charge in [-0.25, -0.2) is 12.0 Å². The van der Waals surface area contributed by atoms with Crippen LogP contribution in [0.4, 0.5) is 0 Å². The van der Waals surface area contributed by atoms with E-state index in [0.717, 1.165) is 0 Å². The molecule has 0 rings (SSSR count). The van der Waals surface area contributed by atoms with Gasteiger partial charge in [0.15, 0.2) is 0 Å². The Bertz CT molecular complexity index is 175. The van der Waals surface area contributed by atoms with Gasteiger partial charge in [0.25, 0.3) is 0 Å². The summed E-state index contributed by atoms with van der Waals surface area (Å²) in [6, 6.07) is 0. The molecule has 0 fully saturated rings. The summed E-state index contributed by atoms with van der Waals surface area (Å²) in [5.74, 6) is 0.279. The standard InChI is InChI=1S/C3H6O4S2.Na/c1-2-3-8-7-9(4,5)6;/h2H,1,3H2,(H,4,5,6);/q;+1/p-1. The van der Waals surface area contributed by atoms with Crippen molar-refractivity contribution in [3.8, 4) is 0 Å². The largest absolute Gasteiger partial charge is 1.00 e. The van der Waals surface area contributed by atoms with Gasteiger partial charge in [-0.3, -0.25) is 0 Å². The van der Waals surface area contributed by atoms with Crippen molar-refractivity contribution in [1.82, 2.24) is 0 Å². The first-order chi connectivity index (χ1) is 4.06. The zero-order valence-electron chi connectivity index (χ0n) is 5.44. The van der Waals surface area contributed by atoms with Crippen LogP contribution in [0, 0.1) is 0 Å². The van der Waals surface area contributed by atoms with E-state index in [1.807, 2.05) is 0 Å². The molecule has 54 valence electrons. The molecule has 0 aromatic carbocycles. The minimum atomic E-state index is -4.53. The van der Waals surface area contributed by atoms with E-state index in [0.29, 0.717) is 12.0 Å².